The van der Waals surface area contributed by atoms with Gasteiger partial charge in [0.15, 0.2) is 0 Å². The standard InChI is InChI=1S/C14H20N2O2.C8H7BrO2.2C6H14N2.2C4H10N2.C3H8.2CH3BO/c1-2-15-7-9-16(10-8-15)11-12-3-5-13(6-4-12)14(17)18;9-5-6-1-3-7(4-2-6)8(10)11;2*1-2-8-5-3-7-4-6-8;2*1-2-6-4-3-5-1;1-3-2;2*1-2-3/h3-6H,2,7-11H2,1H3,(H,17,18);1-4H,5H2,(H,10,11);2*7H,2-6H2,1H3;2*5-6H,1-4H2;3H2,1-2H3;2*1H3. The van der Waals surface area contributed by atoms with Crippen molar-refractivity contribution in [1.82, 2.24) is 51.5 Å². The van der Waals surface area contributed by atoms with Crippen molar-refractivity contribution in [3.05, 3.63) is 70.8 Å². The number of halogens is 1. The number of rotatable bonds is 8. The largest absolute Gasteiger partial charge is 0.478 e. The van der Waals surface area contributed by atoms with Crippen LogP contribution in [0.2, 0.25) is 13.6 Å². The number of carboxylic acids is 2. The van der Waals surface area contributed by atoms with E-state index in [1.165, 1.54) is 91.1 Å². The minimum absolute atomic E-state index is 0.328. The Morgan fingerprint density at radius 2 is 0.712 bits per heavy atom. The summed E-state index contributed by atoms with van der Waals surface area (Å²) in [5.74, 6) is -1.75. The predicted molar refractivity (Wildman–Crippen MR) is 279 cm³/mol. The zero-order valence-corrected chi connectivity index (χ0v) is 43.4. The van der Waals surface area contributed by atoms with Crippen molar-refractivity contribution in [2.75, 3.05) is 151 Å². The molecule has 0 unspecified atom stereocenters. The van der Waals surface area contributed by atoms with Crippen LogP contribution in [-0.2, 0) is 21.3 Å². The molecule has 0 amide bonds. The first-order valence-electron chi connectivity index (χ1n) is 24.2. The summed E-state index contributed by atoms with van der Waals surface area (Å²) in [6, 6.07) is 14.0. The summed E-state index contributed by atoms with van der Waals surface area (Å²) in [6.07, 6.45) is 1.25. The molecule has 5 aliphatic heterocycles. The second kappa shape index (κ2) is 48.6. The van der Waals surface area contributed by atoms with Crippen molar-refractivity contribution in [2.45, 2.75) is 66.6 Å². The number of hydrogen-bond acceptors (Lipinski definition) is 14. The Morgan fingerprint density at radius 3 is 0.939 bits per heavy atom. The Balaban J connectivity index is 0. The maximum absolute atomic E-state index is 10.8. The molecule has 0 bridgehead atoms. The first-order chi connectivity index (χ1) is 32.0. The van der Waals surface area contributed by atoms with Crippen molar-refractivity contribution in [2.24, 2.45) is 0 Å². The van der Waals surface area contributed by atoms with Crippen LogP contribution in [0.25, 0.3) is 0 Å². The monoisotopic (exact) mass is 991 g/mol. The van der Waals surface area contributed by atoms with Gasteiger partial charge in [0, 0.05) is 143 Å². The van der Waals surface area contributed by atoms with E-state index in [1.54, 1.807) is 36.4 Å². The van der Waals surface area contributed by atoms with E-state index < -0.39 is 11.9 Å². The number of carbonyl (C=O) groups is 2. The average Bonchev–Trinajstić information content (AvgIpc) is 3.37. The van der Waals surface area contributed by atoms with Gasteiger partial charge in [-0.15, -0.1) is 0 Å². The van der Waals surface area contributed by atoms with Gasteiger partial charge >= 0.3 is 49.3 Å². The zero-order chi connectivity index (χ0) is 49.5. The van der Waals surface area contributed by atoms with Gasteiger partial charge < -0.3 is 56.8 Å². The zero-order valence-electron chi connectivity index (χ0n) is 41.9. The van der Waals surface area contributed by atoms with Crippen molar-refractivity contribution >= 4 is 42.2 Å². The third-order valence-corrected chi connectivity index (χ3v) is 10.7. The van der Waals surface area contributed by atoms with Crippen LogP contribution in [0.4, 0.5) is 0 Å². The van der Waals surface area contributed by atoms with Gasteiger partial charge in [0.2, 0.25) is 0 Å². The number of benzene rings is 2. The molecule has 2 aromatic rings. The van der Waals surface area contributed by atoms with Crippen LogP contribution in [0, 0.1) is 0 Å². The molecular formula is C47H89B2BrN10O6. The van der Waals surface area contributed by atoms with Gasteiger partial charge in [0.1, 0.15) is 0 Å². The molecule has 5 saturated heterocycles. The summed E-state index contributed by atoms with van der Waals surface area (Å²) in [6.45, 7) is 41.4. The van der Waals surface area contributed by atoms with Gasteiger partial charge in [-0.05, 0) is 55.0 Å². The van der Waals surface area contributed by atoms with Gasteiger partial charge in [-0.2, -0.15) is 0 Å². The maximum atomic E-state index is 10.8. The minimum Gasteiger partial charge on any atom is -0.478 e. The number of piperazine rings is 5. The van der Waals surface area contributed by atoms with E-state index in [4.69, 9.17) is 19.6 Å². The van der Waals surface area contributed by atoms with Crippen molar-refractivity contribution < 1.29 is 29.2 Å². The van der Waals surface area contributed by atoms with Crippen LogP contribution in [0.3, 0.4) is 0 Å². The number of alkyl halides is 1. The van der Waals surface area contributed by atoms with Crippen LogP contribution in [0.5, 0.6) is 0 Å². The summed E-state index contributed by atoms with van der Waals surface area (Å²) in [5.41, 5.74) is 2.95. The minimum atomic E-state index is -0.883. The van der Waals surface area contributed by atoms with Gasteiger partial charge in [0.05, 0.1) is 11.1 Å². The van der Waals surface area contributed by atoms with Crippen molar-refractivity contribution in [3.8, 4) is 0 Å². The van der Waals surface area contributed by atoms with Crippen LogP contribution in [0.1, 0.15) is 72.9 Å². The predicted octanol–water partition coefficient (Wildman–Crippen LogP) is 3.57. The average molecular weight is 992 g/mol. The number of nitrogens with zero attached hydrogens (tertiary/aromatic N) is 4. The van der Waals surface area contributed by atoms with E-state index in [0.29, 0.717) is 11.1 Å². The first kappa shape index (κ1) is 65.3. The molecule has 0 saturated carbocycles. The smallest absolute Gasteiger partial charge is 0.335 e. The second-order valence-electron chi connectivity index (χ2n) is 15.4. The van der Waals surface area contributed by atoms with Crippen LogP contribution >= 0.6 is 15.9 Å². The quantitative estimate of drug-likeness (QED) is 0.141. The van der Waals surface area contributed by atoms with E-state index >= 15 is 0 Å². The Labute approximate surface area is 409 Å². The van der Waals surface area contributed by atoms with Crippen LogP contribution in [-0.4, -0.2) is 207 Å². The molecule has 19 heteroatoms. The molecular weight excluding hydrogens is 902 g/mol. The summed E-state index contributed by atoms with van der Waals surface area (Å²) >= 11 is 3.27. The van der Waals surface area contributed by atoms with E-state index in [0.717, 1.165) is 117 Å². The second-order valence-corrected chi connectivity index (χ2v) is 16.0. The molecule has 7 rings (SSSR count). The summed E-state index contributed by atoms with van der Waals surface area (Å²) in [7, 11) is 1.50. The number of aromatic carboxylic acids is 2. The molecule has 0 aliphatic carbocycles. The Kier molecular flexibility index (Phi) is 48.1. The van der Waals surface area contributed by atoms with E-state index in [2.05, 4.69) is 102 Å². The fourth-order valence-electron chi connectivity index (χ4n) is 6.27. The molecule has 0 radical (unpaired) electrons. The number of carboxylic acid groups (broad SMARTS) is 2. The first-order valence-corrected chi connectivity index (χ1v) is 25.3. The number of nitrogens with one attached hydrogen (secondary N) is 6. The van der Waals surface area contributed by atoms with Crippen LogP contribution in [0.15, 0.2) is 48.5 Å². The fourth-order valence-corrected chi connectivity index (χ4v) is 6.65. The van der Waals surface area contributed by atoms with Gasteiger partial charge in [-0.1, -0.05) is 81.2 Å². The van der Waals surface area contributed by atoms with Gasteiger partial charge in [0.25, 0.3) is 0 Å². The summed E-state index contributed by atoms with van der Waals surface area (Å²) in [4.78, 5) is 30.9. The summed E-state index contributed by atoms with van der Waals surface area (Å²) < 4.78 is 17.6. The molecule has 0 atom stereocenters. The molecule has 2 aromatic carbocycles. The van der Waals surface area contributed by atoms with Gasteiger partial charge in [-0.25, -0.2) is 9.59 Å². The van der Waals surface area contributed by atoms with Gasteiger partial charge in [-0.3, -0.25) is 4.90 Å². The Hall–Kier alpha value is -2.81. The molecule has 5 heterocycles. The third-order valence-electron chi connectivity index (χ3n) is 10.1. The molecule has 66 heavy (non-hydrogen) atoms. The van der Waals surface area contributed by atoms with Crippen LogP contribution < -0.4 is 31.9 Å². The normalized spacial score (nSPS) is 17.1. The molecule has 8 N–H and O–H groups in total. The number of hydrogen-bond donors (Lipinski definition) is 8. The van der Waals surface area contributed by atoms with E-state index in [-0.39, 0.29) is 0 Å². The van der Waals surface area contributed by atoms with Crippen molar-refractivity contribution in [1.29, 1.82) is 0 Å². The molecule has 5 aliphatic rings. The topological polar surface area (TPSA) is 194 Å². The molecule has 0 spiro atoms. The Bertz CT molecular complexity index is 1340. The molecule has 16 nitrogen and oxygen atoms in total. The Morgan fingerprint density at radius 1 is 0.470 bits per heavy atom. The molecule has 5 fully saturated rings. The van der Waals surface area contributed by atoms with E-state index in [1.807, 2.05) is 12.1 Å². The van der Waals surface area contributed by atoms with Crippen molar-refractivity contribution in [3.63, 3.8) is 0 Å². The fraction of sp³-hybridized carbons (Fsp3) is 0.702. The maximum Gasteiger partial charge on any atom is 0.335 e. The molecule has 376 valence electrons. The number of likely N-dealkylation sites (N-methyl/N-ethyl adjacent to an activating group) is 3. The van der Waals surface area contributed by atoms with E-state index in [9.17, 15) is 9.59 Å². The summed E-state index contributed by atoms with van der Waals surface area (Å²) in [5, 5.41) is 37.6. The third kappa shape index (κ3) is 39.2. The SMILES string of the molecule is C1CNCCN1.C1CNCCN1.CB=O.CB=O.CCC.CCN1CCN(Cc2ccc(C(=O)O)cc2)CC1.CCN1CCNCC1.CCN1CCNCC1.O=C(O)c1ccc(CBr)cc1. The molecule has 0 aromatic heterocycles.